The maximum Gasteiger partial charge on any atom is 0.410 e. The average Bonchev–Trinajstić information content (AvgIpc) is 3.46. The van der Waals surface area contributed by atoms with Gasteiger partial charge in [0.25, 0.3) is 0 Å². The van der Waals surface area contributed by atoms with Crippen LogP contribution in [-0.2, 0) is 21.0 Å². The van der Waals surface area contributed by atoms with Crippen molar-refractivity contribution in [1.29, 1.82) is 0 Å². The van der Waals surface area contributed by atoms with Gasteiger partial charge in [0.1, 0.15) is 5.60 Å². The molecule has 228 valence electrons. The lowest BCUT2D eigenvalue weighted by Gasteiger charge is -2.33. The van der Waals surface area contributed by atoms with Gasteiger partial charge in [-0.05, 0) is 84.7 Å². The number of tetrazole rings is 1. The third-order valence-electron chi connectivity index (χ3n) is 7.61. The van der Waals surface area contributed by atoms with E-state index in [1.54, 1.807) is 4.90 Å². The van der Waals surface area contributed by atoms with Crippen LogP contribution >= 0.6 is 0 Å². The first kappa shape index (κ1) is 31.9. The first-order chi connectivity index (χ1) is 19.7. The lowest BCUT2D eigenvalue weighted by Crippen LogP contribution is -2.41. The first-order valence-electron chi connectivity index (χ1n) is 14.9. The van der Waals surface area contributed by atoms with Crippen molar-refractivity contribution in [3.63, 3.8) is 0 Å². The number of hydrogen-bond donors (Lipinski definition) is 1. The van der Waals surface area contributed by atoms with Gasteiger partial charge in [-0.25, -0.2) is 18.3 Å². The fourth-order valence-corrected chi connectivity index (χ4v) is 10.2. The van der Waals surface area contributed by atoms with E-state index in [1.807, 2.05) is 32.9 Å². The van der Waals surface area contributed by atoms with Crippen LogP contribution in [0, 0.1) is 0 Å². The average molecular weight is 612 g/mol. The van der Waals surface area contributed by atoms with E-state index in [9.17, 15) is 13.2 Å². The summed E-state index contributed by atoms with van der Waals surface area (Å²) in [4.78, 5) is 14.6. The zero-order valence-electron chi connectivity index (χ0n) is 26.0. The number of nitrogens with zero attached hydrogens (tertiary/aromatic N) is 4. The molecule has 3 aromatic rings. The Balaban J connectivity index is 1.66. The Morgan fingerprint density at radius 2 is 1.74 bits per heavy atom. The van der Waals surface area contributed by atoms with Gasteiger partial charge < -0.3 is 9.64 Å². The number of aromatic nitrogens is 4. The fourth-order valence-electron chi connectivity index (χ4n) is 5.39. The summed E-state index contributed by atoms with van der Waals surface area (Å²) < 4.78 is 33.5. The second kappa shape index (κ2) is 12.7. The van der Waals surface area contributed by atoms with E-state index in [4.69, 9.17) is 4.74 Å². The van der Waals surface area contributed by atoms with Gasteiger partial charge in [-0.3, -0.25) is 0 Å². The molecule has 4 rings (SSSR count). The molecule has 2 aromatic carbocycles. The van der Waals surface area contributed by atoms with Crippen LogP contribution < -0.4 is 0 Å². The topological polar surface area (TPSA) is 118 Å². The van der Waals surface area contributed by atoms with Crippen LogP contribution in [0.3, 0.4) is 0 Å². The van der Waals surface area contributed by atoms with Crippen molar-refractivity contribution < 1.29 is 17.9 Å². The SMILES string of the molecule is CCCc1ccc(-c2ccc(C3CCN(C(=O)OC(C)(C)C)CC3)cc2)c(-c2nnn[nH]2)c1S(=O)(=O)CC[Si](C)(C)C. The molecule has 0 radical (unpaired) electrons. The highest BCUT2D eigenvalue weighted by molar-refractivity contribution is 7.91. The largest absolute Gasteiger partial charge is 0.444 e. The zero-order chi connectivity index (χ0) is 30.7. The first-order valence-corrected chi connectivity index (χ1v) is 20.3. The predicted molar refractivity (Wildman–Crippen MR) is 169 cm³/mol. The molecule has 0 aliphatic carbocycles. The number of carbonyl (C=O) groups excluding carboxylic acids is 1. The Kier molecular flexibility index (Phi) is 9.61. The highest BCUT2D eigenvalue weighted by Gasteiger charge is 2.30. The zero-order valence-corrected chi connectivity index (χ0v) is 27.8. The summed E-state index contributed by atoms with van der Waals surface area (Å²) in [5, 5.41) is 14.6. The van der Waals surface area contributed by atoms with Gasteiger partial charge >= 0.3 is 6.09 Å². The lowest BCUT2D eigenvalue weighted by molar-refractivity contribution is 0.0205. The van der Waals surface area contributed by atoms with E-state index in [0.29, 0.717) is 47.8 Å². The number of aromatic amines is 1. The molecule has 1 fully saturated rings. The highest BCUT2D eigenvalue weighted by atomic mass is 32.2. The lowest BCUT2D eigenvalue weighted by atomic mass is 9.88. The quantitative estimate of drug-likeness (QED) is 0.267. The monoisotopic (exact) mass is 611 g/mol. The van der Waals surface area contributed by atoms with Gasteiger partial charge in [-0.1, -0.05) is 69.4 Å². The van der Waals surface area contributed by atoms with E-state index < -0.39 is 23.5 Å². The molecule has 0 bridgehead atoms. The van der Waals surface area contributed by atoms with Gasteiger partial charge in [-0.2, -0.15) is 0 Å². The summed E-state index contributed by atoms with van der Waals surface area (Å²) in [6, 6.07) is 13.0. The van der Waals surface area contributed by atoms with Crippen molar-refractivity contribution in [2.24, 2.45) is 0 Å². The molecular formula is C31H45N5O4SSi. The molecular weight excluding hydrogens is 567 g/mol. The predicted octanol–water partition coefficient (Wildman–Crippen LogP) is 6.71. The minimum atomic E-state index is -3.61. The standard InChI is InChI=1S/C31H45N5O4SSi/c1-8-9-25-14-15-26(27(29-32-34-35-33-29)28(25)41(38,39)20-21-42(5,6)7)24-12-10-22(11-13-24)23-16-18-36(19-17-23)30(37)40-31(2,3)4/h10-15,23H,8-9,16-21H2,1-7H3,(H,32,33,34,35). The van der Waals surface area contributed by atoms with E-state index in [-0.39, 0.29) is 11.8 Å². The molecule has 1 aliphatic rings. The number of carbonyl (C=O) groups is 1. The molecule has 9 nitrogen and oxygen atoms in total. The maximum absolute atomic E-state index is 14.0. The molecule has 2 heterocycles. The van der Waals surface area contributed by atoms with Crippen LogP contribution in [0.1, 0.15) is 64.0 Å². The normalized spacial score (nSPS) is 15.2. The van der Waals surface area contributed by atoms with Crippen molar-refractivity contribution >= 4 is 24.0 Å². The van der Waals surface area contributed by atoms with Gasteiger partial charge in [-0.15, -0.1) is 5.10 Å². The van der Waals surface area contributed by atoms with E-state index in [0.717, 1.165) is 36.0 Å². The molecule has 1 amide bonds. The second-order valence-corrected chi connectivity index (χ2v) is 21.1. The summed E-state index contributed by atoms with van der Waals surface area (Å²) in [5.41, 5.74) is 3.73. The van der Waals surface area contributed by atoms with E-state index >= 15 is 0 Å². The van der Waals surface area contributed by atoms with E-state index in [2.05, 4.69) is 71.5 Å². The molecule has 1 aliphatic heterocycles. The number of nitrogens with one attached hydrogen (secondary N) is 1. The Labute approximate surface area is 251 Å². The van der Waals surface area contributed by atoms with Gasteiger partial charge in [0.15, 0.2) is 15.7 Å². The third-order valence-corrected chi connectivity index (χ3v) is 11.6. The molecule has 1 saturated heterocycles. The number of ether oxygens (including phenoxy) is 1. The van der Waals surface area contributed by atoms with Crippen LogP contribution in [0.25, 0.3) is 22.5 Å². The second-order valence-electron chi connectivity index (χ2n) is 13.5. The van der Waals surface area contributed by atoms with E-state index in [1.165, 1.54) is 5.56 Å². The van der Waals surface area contributed by atoms with Crippen LogP contribution in [-0.4, -0.2) is 72.6 Å². The Morgan fingerprint density at radius 1 is 1.07 bits per heavy atom. The van der Waals surface area contributed by atoms with Crippen molar-refractivity contribution in [3.8, 4) is 22.5 Å². The van der Waals surface area contributed by atoms with Crippen molar-refractivity contribution in [3.05, 3.63) is 47.5 Å². The van der Waals surface area contributed by atoms with Crippen molar-refractivity contribution in [2.75, 3.05) is 18.8 Å². The van der Waals surface area contributed by atoms with Crippen LogP contribution in [0.2, 0.25) is 25.7 Å². The van der Waals surface area contributed by atoms with Crippen molar-refractivity contribution in [2.45, 2.75) is 95.5 Å². The Hall–Kier alpha value is -3.05. The van der Waals surface area contributed by atoms with Crippen LogP contribution in [0.15, 0.2) is 41.3 Å². The third kappa shape index (κ3) is 7.86. The minimum Gasteiger partial charge on any atom is -0.444 e. The Morgan fingerprint density at radius 3 is 2.29 bits per heavy atom. The van der Waals surface area contributed by atoms with Crippen LogP contribution in [0.4, 0.5) is 4.79 Å². The number of likely N-dealkylation sites (tertiary alicyclic amines) is 1. The fraction of sp³-hybridized carbons (Fsp3) is 0.548. The number of amides is 1. The molecule has 0 unspecified atom stereocenters. The van der Waals surface area contributed by atoms with Gasteiger partial charge in [0.2, 0.25) is 0 Å². The summed E-state index contributed by atoms with van der Waals surface area (Å²) >= 11 is 0. The molecule has 1 N–H and O–H groups in total. The van der Waals surface area contributed by atoms with Gasteiger partial charge in [0, 0.05) is 26.7 Å². The summed E-state index contributed by atoms with van der Waals surface area (Å²) in [6.45, 7) is 15.6. The number of sulfone groups is 1. The number of H-pyrrole nitrogens is 1. The summed E-state index contributed by atoms with van der Waals surface area (Å²) in [6.07, 6.45) is 2.94. The molecule has 1 aromatic heterocycles. The van der Waals surface area contributed by atoms with Crippen molar-refractivity contribution in [1.82, 2.24) is 25.5 Å². The molecule has 0 spiro atoms. The molecule has 0 saturated carbocycles. The summed E-state index contributed by atoms with van der Waals surface area (Å²) in [5.74, 6) is 0.798. The van der Waals surface area contributed by atoms with Crippen LogP contribution in [0.5, 0.6) is 0 Å². The molecule has 0 atom stereocenters. The minimum absolute atomic E-state index is 0.110. The molecule has 11 heteroatoms. The number of piperidine rings is 1. The number of aryl methyl sites for hydroxylation is 1. The number of rotatable bonds is 9. The smallest absolute Gasteiger partial charge is 0.410 e. The molecule has 42 heavy (non-hydrogen) atoms. The number of benzene rings is 2. The van der Waals surface area contributed by atoms with Gasteiger partial charge in [0.05, 0.1) is 10.6 Å². The highest BCUT2D eigenvalue weighted by Crippen LogP contribution is 2.40. The Bertz CT molecular complexity index is 1470. The number of hydrogen-bond acceptors (Lipinski definition) is 7. The summed E-state index contributed by atoms with van der Waals surface area (Å²) in [7, 11) is -5.20. The maximum atomic E-state index is 14.0.